The molecule has 0 amide bonds. The molecule has 2 aromatic rings. The van der Waals surface area contributed by atoms with Crippen molar-refractivity contribution in [2.45, 2.75) is 4.90 Å². The molecule has 2 aromatic carbocycles. The van der Waals surface area contributed by atoms with Crippen molar-refractivity contribution in [3.8, 4) is 11.1 Å². The van der Waals surface area contributed by atoms with Gasteiger partial charge in [-0.15, -0.1) is 14.5 Å². The van der Waals surface area contributed by atoms with Gasteiger partial charge in [-0.2, -0.15) is 0 Å². The summed E-state index contributed by atoms with van der Waals surface area (Å²) in [6.45, 7) is 0. The van der Waals surface area contributed by atoms with E-state index in [1.54, 1.807) is 0 Å². The molecular formula is C19H18ClNO8S. The van der Waals surface area contributed by atoms with Crippen LogP contribution < -0.4 is 22.9 Å². The van der Waals surface area contributed by atoms with Crippen LogP contribution in [0.4, 0.5) is 5.69 Å². The van der Waals surface area contributed by atoms with Gasteiger partial charge in [0, 0.05) is 11.1 Å². The van der Waals surface area contributed by atoms with Gasteiger partial charge in [0.15, 0.2) is 10.6 Å². The molecule has 0 aromatic heterocycles. The van der Waals surface area contributed by atoms with Gasteiger partial charge in [0.05, 0.1) is 26.0 Å². The molecule has 1 atom stereocenters. The molecule has 1 aliphatic heterocycles. The van der Waals surface area contributed by atoms with E-state index >= 15 is 0 Å². The largest absolute Gasteiger partial charge is 0.466 e. The lowest BCUT2D eigenvalue weighted by atomic mass is 10.0. The van der Waals surface area contributed by atoms with Gasteiger partial charge in [0.25, 0.3) is 0 Å². The number of carbonyl (C=O) groups is 2. The summed E-state index contributed by atoms with van der Waals surface area (Å²) in [6.07, 6.45) is 3.20. The van der Waals surface area contributed by atoms with E-state index in [0.717, 1.165) is 21.7 Å². The van der Waals surface area contributed by atoms with Gasteiger partial charge < -0.3 is 9.47 Å². The van der Waals surface area contributed by atoms with Crippen molar-refractivity contribution in [2.75, 3.05) is 24.8 Å². The first kappa shape index (κ1) is 23.7. The molecule has 1 unspecified atom stereocenters. The molecule has 0 saturated carbocycles. The van der Waals surface area contributed by atoms with Crippen molar-refractivity contribution < 1.29 is 47.9 Å². The molecule has 30 heavy (non-hydrogen) atoms. The number of methoxy groups -OCH3 is 2. The van der Waals surface area contributed by atoms with Gasteiger partial charge in [-0.3, -0.25) is 0 Å². The molecule has 0 bridgehead atoms. The Morgan fingerprint density at radius 3 is 2.03 bits per heavy atom. The van der Waals surface area contributed by atoms with Crippen LogP contribution in [0.5, 0.6) is 0 Å². The fourth-order valence-electron chi connectivity index (χ4n) is 2.82. The van der Waals surface area contributed by atoms with Gasteiger partial charge >= 0.3 is 11.9 Å². The summed E-state index contributed by atoms with van der Waals surface area (Å²) in [5.41, 5.74) is 3.14. The van der Waals surface area contributed by atoms with Gasteiger partial charge in [0.2, 0.25) is 0 Å². The summed E-state index contributed by atoms with van der Waals surface area (Å²) >= 11 is -0.479. The number of esters is 2. The maximum Gasteiger partial charge on any atom is 0.359 e. The highest BCUT2D eigenvalue weighted by Gasteiger charge is 2.41. The standard InChI is InChI=1S/C19H18NO4S.ClHO4/c1-23-18(21)12-16(19(22)24-2)20-15-10-6-4-8-13(15)14-9-5-7-11-17(14)25(20)3;2-1(3,4)5/h4-12H,1-3H3;(H,2,3,4,5)/q+1;/p-1/b16-12+;. The highest BCUT2D eigenvalue weighted by molar-refractivity contribution is 7.98. The molecule has 0 aliphatic carbocycles. The number of para-hydroxylation sites is 1. The van der Waals surface area contributed by atoms with Crippen molar-refractivity contribution >= 4 is 28.7 Å². The molecule has 160 valence electrons. The van der Waals surface area contributed by atoms with Crippen LogP contribution in [0.3, 0.4) is 0 Å². The number of nitrogens with zero attached hydrogens (tertiary/aromatic N) is 1. The van der Waals surface area contributed by atoms with Crippen LogP contribution in [-0.2, 0) is 30.1 Å². The molecule has 0 N–H and O–H groups in total. The predicted octanol–water partition coefficient (Wildman–Crippen LogP) is -1.83. The number of benzene rings is 2. The van der Waals surface area contributed by atoms with Crippen molar-refractivity contribution in [2.24, 2.45) is 0 Å². The van der Waals surface area contributed by atoms with Crippen LogP contribution in [-0.4, -0.2) is 32.4 Å². The van der Waals surface area contributed by atoms with E-state index in [0.29, 0.717) is 0 Å². The summed E-state index contributed by atoms with van der Waals surface area (Å²) in [7, 11) is -2.37. The predicted molar refractivity (Wildman–Crippen MR) is 98.0 cm³/mol. The zero-order valence-electron chi connectivity index (χ0n) is 16.2. The number of carbonyl (C=O) groups excluding carboxylic acids is 2. The average Bonchev–Trinajstić information content (AvgIpc) is 2.71. The smallest absolute Gasteiger partial charge is 0.359 e. The van der Waals surface area contributed by atoms with Crippen LogP contribution in [0.1, 0.15) is 0 Å². The highest BCUT2D eigenvalue weighted by atomic mass is 35.7. The zero-order valence-corrected chi connectivity index (χ0v) is 17.8. The number of fused-ring (bicyclic) bond motifs is 3. The molecular weight excluding hydrogens is 438 g/mol. The van der Waals surface area contributed by atoms with Crippen LogP contribution in [0, 0.1) is 10.2 Å². The van der Waals surface area contributed by atoms with Crippen LogP contribution >= 0.6 is 0 Å². The number of rotatable bonds is 3. The summed E-state index contributed by atoms with van der Waals surface area (Å²) in [5, 5.41) is 0. The SMILES string of the molecule is COC(=O)/C=C(\C(=O)OC)N1c2ccccc2-c2ccccc2[S+]1C.[O-][Cl+3]([O-])([O-])[O-]. The molecule has 0 fully saturated rings. The van der Waals surface area contributed by atoms with Gasteiger partial charge in [-0.05, 0) is 18.2 Å². The third kappa shape index (κ3) is 5.72. The fraction of sp³-hybridized carbons (Fsp3) is 0.158. The maximum atomic E-state index is 12.4. The Morgan fingerprint density at radius 1 is 0.933 bits per heavy atom. The van der Waals surface area contributed by atoms with Crippen molar-refractivity contribution in [3.63, 3.8) is 0 Å². The lowest BCUT2D eigenvalue weighted by Gasteiger charge is -2.29. The van der Waals surface area contributed by atoms with Gasteiger partial charge in [0.1, 0.15) is 17.3 Å². The van der Waals surface area contributed by atoms with Gasteiger partial charge in [-0.25, -0.2) is 28.2 Å². The zero-order chi connectivity index (χ0) is 22.5. The molecule has 0 radical (unpaired) electrons. The monoisotopic (exact) mass is 455 g/mol. The number of ether oxygens (including phenoxy) is 2. The second-order valence-corrected chi connectivity index (χ2v) is 8.22. The second-order valence-electron chi connectivity index (χ2n) is 5.71. The fourth-order valence-corrected chi connectivity index (χ4v) is 4.67. The Bertz CT molecular complexity index is 954. The lowest BCUT2D eigenvalue weighted by Crippen LogP contribution is -2.68. The molecule has 11 heteroatoms. The van der Waals surface area contributed by atoms with Crippen LogP contribution in [0.2, 0.25) is 0 Å². The van der Waals surface area contributed by atoms with Crippen molar-refractivity contribution in [1.29, 1.82) is 0 Å². The molecule has 0 spiro atoms. The lowest BCUT2D eigenvalue weighted by molar-refractivity contribution is -2.00. The summed E-state index contributed by atoms with van der Waals surface area (Å²) in [5.74, 6) is -1.19. The Hall–Kier alpha value is -2.60. The average molecular weight is 456 g/mol. The first-order valence-corrected chi connectivity index (χ1v) is 11.0. The Kier molecular flexibility index (Phi) is 7.84. The Balaban J connectivity index is 0.000000575. The molecule has 9 nitrogen and oxygen atoms in total. The first-order chi connectivity index (χ1) is 14.1. The topological polar surface area (TPSA) is 148 Å². The molecule has 0 saturated heterocycles. The summed E-state index contributed by atoms with van der Waals surface area (Å²) < 4.78 is 45.4. The van der Waals surface area contributed by atoms with E-state index < -0.39 is 33.3 Å². The minimum Gasteiger partial charge on any atom is -0.466 e. The number of halogens is 1. The quantitative estimate of drug-likeness (QED) is 0.296. The first-order valence-electron chi connectivity index (χ1n) is 8.22. The number of anilines is 1. The molecule has 1 aliphatic rings. The van der Waals surface area contributed by atoms with Crippen LogP contribution in [0.25, 0.3) is 11.1 Å². The van der Waals surface area contributed by atoms with Gasteiger partial charge in [-0.1, -0.05) is 30.3 Å². The third-order valence-corrected chi connectivity index (χ3v) is 5.89. The summed E-state index contributed by atoms with van der Waals surface area (Å²) in [6, 6.07) is 15.9. The van der Waals surface area contributed by atoms with Crippen LogP contribution in [0.15, 0.2) is 65.2 Å². The maximum absolute atomic E-state index is 12.4. The van der Waals surface area contributed by atoms with E-state index in [9.17, 15) is 9.59 Å². The van der Waals surface area contributed by atoms with E-state index in [4.69, 9.17) is 28.1 Å². The van der Waals surface area contributed by atoms with E-state index in [-0.39, 0.29) is 5.70 Å². The molecule has 1 heterocycles. The van der Waals surface area contributed by atoms with Crippen molar-refractivity contribution in [3.05, 3.63) is 60.3 Å². The highest BCUT2D eigenvalue weighted by Crippen LogP contribution is 2.44. The Morgan fingerprint density at radius 2 is 1.47 bits per heavy atom. The normalized spacial score (nSPS) is 15.2. The number of hydrogen-bond donors (Lipinski definition) is 0. The number of hydrogen-bond acceptors (Lipinski definition) is 9. The van der Waals surface area contributed by atoms with E-state index in [1.165, 1.54) is 20.3 Å². The summed E-state index contributed by atoms with van der Waals surface area (Å²) in [4.78, 5) is 25.3. The minimum atomic E-state index is -4.94. The second kappa shape index (κ2) is 9.94. The van der Waals surface area contributed by atoms with E-state index in [2.05, 4.69) is 6.07 Å². The molecule has 3 rings (SSSR count). The third-order valence-electron chi connectivity index (χ3n) is 3.96. The Labute approximate surface area is 178 Å². The van der Waals surface area contributed by atoms with Crippen molar-refractivity contribution in [1.82, 2.24) is 0 Å². The van der Waals surface area contributed by atoms with E-state index in [1.807, 2.05) is 53.0 Å². The minimum absolute atomic E-state index is 0.155.